The maximum absolute atomic E-state index is 12.6. The van der Waals surface area contributed by atoms with Crippen LogP contribution in [-0.4, -0.2) is 65.0 Å². The van der Waals surface area contributed by atoms with E-state index in [1.165, 1.54) is 16.9 Å². The van der Waals surface area contributed by atoms with Crippen molar-refractivity contribution in [1.29, 1.82) is 0 Å². The number of carbonyl (C=O) groups excluding carboxylic acids is 2. The number of hydrogen-bond acceptors (Lipinski definition) is 4. The molecule has 2 aliphatic rings. The highest BCUT2D eigenvalue weighted by Gasteiger charge is 2.41. The molecule has 1 N–H and O–H groups in total. The highest BCUT2D eigenvalue weighted by molar-refractivity contribution is 6.10. The molecule has 2 heterocycles. The molecule has 7 nitrogen and oxygen atoms in total. The lowest BCUT2D eigenvalue weighted by Gasteiger charge is -2.25. The predicted molar refractivity (Wildman–Crippen MR) is 85.1 cm³/mol. The van der Waals surface area contributed by atoms with Crippen LogP contribution in [0.25, 0.3) is 5.70 Å². The van der Waals surface area contributed by atoms with Crippen molar-refractivity contribution < 1.29 is 24.2 Å². The average molecular weight is 330 g/mol. The zero-order valence-electron chi connectivity index (χ0n) is 13.3. The van der Waals surface area contributed by atoms with E-state index in [-0.39, 0.29) is 31.5 Å². The lowest BCUT2D eigenvalue weighted by atomic mass is 10.1. The largest absolute Gasteiger partial charge is 0.480 e. The Hall–Kier alpha value is -2.67. The van der Waals surface area contributed by atoms with Crippen molar-refractivity contribution >= 4 is 23.5 Å². The van der Waals surface area contributed by atoms with E-state index in [4.69, 9.17) is 4.74 Å². The van der Waals surface area contributed by atoms with Gasteiger partial charge in [0, 0.05) is 36.9 Å². The van der Waals surface area contributed by atoms with Crippen LogP contribution in [0.4, 0.5) is 0 Å². The topological polar surface area (TPSA) is 87.2 Å². The van der Waals surface area contributed by atoms with Crippen LogP contribution < -0.4 is 0 Å². The van der Waals surface area contributed by atoms with Gasteiger partial charge in [-0.2, -0.15) is 0 Å². The van der Waals surface area contributed by atoms with E-state index in [1.807, 2.05) is 0 Å². The number of likely N-dealkylation sites (tertiary alicyclic amines) is 1. The monoisotopic (exact) mass is 330 g/mol. The fourth-order valence-electron chi connectivity index (χ4n) is 3.21. The number of fused-ring (bicyclic) bond motifs is 1. The third kappa shape index (κ3) is 2.56. The van der Waals surface area contributed by atoms with Gasteiger partial charge in [0.25, 0.3) is 5.91 Å². The molecule has 1 fully saturated rings. The van der Waals surface area contributed by atoms with Crippen molar-refractivity contribution in [3.8, 4) is 0 Å². The summed E-state index contributed by atoms with van der Waals surface area (Å²) in [6.07, 6.45) is -0.0723. The number of carboxylic acid groups (broad SMARTS) is 1. The third-order valence-electron chi connectivity index (χ3n) is 4.53. The first kappa shape index (κ1) is 16.2. The Kier molecular flexibility index (Phi) is 4.11. The molecule has 0 aliphatic carbocycles. The van der Waals surface area contributed by atoms with E-state index in [0.29, 0.717) is 16.8 Å². The van der Waals surface area contributed by atoms with Gasteiger partial charge in [0.1, 0.15) is 12.6 Å². The fourth-order valence-corrected chi connectivity index (χ4v) is 3.21. The average Bonchev–Trinajstić information content (AvgIpc) is 3.11. The molecular weight excluding hydrogens is 312 g/mol. The van der Waals surface area contributed by atoms with Gasteiger partial charge >= 0.3 is 5.97 Å². The van der Waals surface area contributed by atoms with Crippen molar-refractivity contribution in [2.45, 2.75) is 18.6 Å². The normalized spacial score (nSPS) is 22.9. The zero-order chi connectivity index (χ0) is 17.4. The molecule has 1 saturated heterocycles. The van der Waals surface area contributed by atoms with Gasteiger partial charge in [-0.15, -0.1) is 0 Å². The molecule has 2 amide bonds. The highest BCUT2D eigenvalue weighted by atomic mass is 16.5. The summed E-state index contributed by atoms with van der Waals surface area (Å²) in [5, 5.41) is 9.31. The summed E-state index contributed by atoms with van der Waals surface area (Å²) in [6, 6.07) is 6.07. The second kappa shape index (κ2) is 6.09. The Morgan fingerprint density at radius 2 is 2.00 bits per heavy atom. The lowest BCUT2D eigenvalue weighted by molar-refractivity contribution is -0.148. The van der Waals surface area contributed by atoms with Gasteiger partial charge in [0.15, 0.2) is 0 Å². The van der Waals surface area contributed by atoms with Crippen molar-refractivity contribution in [1.82, 2.24) is 9.80 Å². The number of hydrogen-bond donors (Lipinski definition) is 1. The van der Waals surface area contributed by atoms with Crippen LogP contribution in [0.3, 0.4) is 0 Å². The number of rotatable bonds is 4. The molecular formula is C17H18N2O5. The number of aliphatic carboxylic acids is 1. The summed E-state index contributed by atoms with van der Waals surface area (Å²) in [6.45, 7) is 3.86. The summed E-state index contributed by atoms with van der Waals surface area (Å²) in [7, 11) is 1.49. The second-order valence-corrected chi connectivity index (χ2v) is 5.88. The van der Waals surface area contributed by atoms with Crippen LogP contribution in [0.2, 0.25) is 0 Å². The Morgan fingerprint density at radius 3 is 2.58 bits per heavy atom. The Bertz CT molecular complexity index is 694. The maximum atomic E-state index is 12.6. The van der Waals surface area contributed by atoms with Crippen molar-refractivity contribution in [3.63, 3.8) is 0 Å². The highest BCUT2D eigenvalue weighted by Crippen LogP contribution is 2.31. The van der Waals surface area contributed by atoms with Gasteiger partial charge in [0.2, 0.25) is 5.91 Å². The number of carbonyl (C=O) groups is 3. The summed E-state index contributed by atoms with van der Waals surface area (Å²) in [5.74, 6) is -1.79. The number of nitrogens with zero attached hydrogens (tertiary/aromatic N) is 2. The number of benzene rings is 1. The van der Waals surface area contributed by atoms with Gasteiger partial charge in [-0.25, -0.2) is 4.79 Å². The first-order valence-corrected chi connectivity index (χ1v) is 7.59. The summed E-state index contributed by atoms with van der Waals surface area (Å²) >= 11 is 0. The quantitative estimate of drug-likeness (QED) is 0.883. The van der Waals surface area contributed by atoms with Crippen LogP contribution in [-0.2, 0) is 14.3 Å². The van der Waals surface area contributed by atoms with Crippen LogP contribution in [0.5, 0.6) is 0 Å². The Balaban J connectivity index is 1.77. The SMILES string of the molecule is C=C1c2ccccc2C(=O)N1CC(=O)N1CC(OC)CC1C(=O)O. The molecule has 1 aromatic rings. The molecule has 0 radical (unpaired) electrons. The molecule has 1 aromatic carbocycles. The molecule has 24 heavy (non-hydrogen) atoms. The molecule has 0 spiro atoms. The third-order valence-corrected chi connectivity index (χ3v) is 4.53. The van der Waals surface area contributed by atoms with E-state index in [0.717, 1.165) is 0 Å². The van der Waals surface area contributed by atoms with E-state index < -0.39 is 17.9 Å². The standard InChI is InChI=1S/C17H18N2O5/c1-10-12-5-3-4-6-13(12)16(21)18(10)9-15(20)19-8-11(24-2)7-14(19)17(22)23/h3-6,11,14H,1,7-9H2,2H3,(H,22,23). The van der Waals surface area contributed by atoms with Crippen molar-refractivity contribution in [3.05, 3.63) is 42.0 Å². The van der Waals surface area contributed by atoms with Crippen LogP contribution in [0.15, 0.2) is 30.8 Å². The van der Waals surface area contributed by atoms with E-state index in [1.54, 1.807) is 24.3 Å². The molecule has 126 valence electrons. The number of carboxylic acids is 1. The molecule has 3 rings (SSSR count). The molecule has 0 bridgehead atoms. The minimum atomic E-state index is -1.07. The second-order valence-electron chi connectivity index (χ2n) is 5.88. The minimum absolute atomic E-state index is 0.202. The van der Waals surface area contributed by atoms with Gasteiger partial charge in [0.05, 0.1) is 6.10 Å². The van der Waals surface area contributed by atoms with Crippen molar-refractivity contribution in [2.24, 2.45) is 0 Å². The van der Waals surface area contributed by atoms with Crippen molar-refractivity contribution in [2.75, 3.05) is 20.2 Å². The predicted octanol–water partition coefficient (Wildman–Crippen LogP) is 0.814. The van der Waals surface area contributed by atoms with Crippen LogP contribution in [0, 0.1) is 0 Å². The molecule has 0 saturated carbocycles. The van der Waals surface area contributed by atoms with Crippen LogP contribution in [0.1, 0.15) is 22.3 Å². The first-order chi connectivity index (χ1) is 11.4. The van der Waals surface area contributed by atoms with E-state index in [2.05, 4.69) is 6.58 Å². The lowest BCUT2D eigenvalue weighted by Crippen LogP contribution is -2.45. The number of amides is 2. The Labute approximate surface area is 139 Å². The van der Waals surface area contributed by atoms with Gasteiger partial charge in [-0.1, -0.05) is 24.8 Å². The summed E-state index contributed by atoms with van der Waals surface area (Å²) in [5.41, 5.74) is 1.65. The van der Waals surface area contributed by atoms with Crippen LogP contribution >= 0.6 is 0 Å². The molecule has 2 aliphatic heterocycles. The smallest absolute Gasteiger partial charge is 0.326 e. The molecule has 0 aromatic heterocycles. The van der Waals surface area contributed by atoms with E-state index >= 15 is 0 Å². The van der Waals surface area contributed by atoms with E-state index in [9.17, 15) is 19.5 Å². The molecule has 2 atom stereocenters. The zero-order valence-corrected chi connectivity index (χ0v) is 13.3. The number of ether oxygens (including phenoxy) is 1. The van der Waals surface area contributed by atoms with Gasteiger partial charge in [-0.05, 0) is 6.07 Å². The molecule has 2 unspecified atom stereocenters. The Morgan fingerprint density at radius 1 is 1.33 bits per heavy atom. The summed E-state index contributed by atoms with van der Waals surface area (Å²) in [4.78, 5) is 39.0. The van der Waals surface area contributed by atoms with Gasteiger partial charge < -0.3 is 14.7 Å². The summed E-state index contributed by atoms with van der Waals surface area (Å²) < 4.78 is 5.18. The fraction of sp³-hybridized carbons (Fsp3) is 0.353. The maximum Gasteiger partial charge on any atom is 0.326 e. The number of methoxy groups -OCH3 is 1. The minimum Gasteiger partial charge on any atom is -0.480 e. The molecule has 7 heteroatoms. The van der Waals surface area contributed by atoms with Gasteiger partial charge in [-0.3, -0.25) is 14.5 Å². The first-order valence-electron chi connectivity index (χ1n) is 7.59.